The molecule has 0 fully saturated rings. The SMILES string of the molecule is C=CCOc1ccccc1CNC(=NC)NCCN(C(C)C)C(C)C. The lowest BCUT2D eigenvalue weighted by Gasteiger charge is -2.30. The Bertz CT molecular complexity index is 532. The minimum Gasteiger partial charge on any atom is -0.489 e. The Hall–Kier alpha value is -2.01. The monoisotopic (exact) mass is 346 g/mol. The van der Waals surface area contributed by atoms with Crippen LogP contribution in [0.25, 0.3) is 0 Å². The number of rotatable bonds is 10. The zero-order valence-electron chi connectivity index (χ0n) is 16.4. The summed E-state index contributed by atoms with van der Waals surface area (Å²) in [6.07, 6.45) is 1.75. The maximum Gasteiger partial charge on any atom is 0.191 e. The fourth-order valence-corrected chi connectivity index (χ4v) is 2.76. The third-order valence-electron chi connectivity index (χ3n) is 3.99. The molecule has 5 nitrogen and oxygen atoms in total. The van der Waals surface area contributed by atoms with Crippen molar-refractivity contribution in [1.29, 1.82) is 0 Å². The number of guanidine groups is 1. The van der Waals surface area contributed by atoms with Crippen molar-refractivity contribution in [2.75, 3.05) is 26.7 Å². The van der Waals surface area contributed by atoms with Crippen LogP contribution >= 0.6 is 0 Å². The minimum absolute atomic E-state index is 0.504. The summed E-state index contributed by atoms with van der Waals surface area (Å²) in [6, 6.07) is 9.08. The van der Waals surface area contributed by atoms with Crippen molar-refractivity contribution in [3.63, 3.8) is 0 Å². The van der Waals surface area contributed by atoms with Crippen LogP contribution in [0.5, 0.6) is 5.75 Å². The van der Waals surface area contributed by atoms with Crippen LogP contribution in [0.1, 0.15) is 33.3 Å². The predicted molar refractivity (Wildman–Crippen MR) is 107 cm³/mol. The normalized spacial score (nSPS) is 11.9. The Labute approximate surface area is 153 Å². The molecule has 0 aliphatic carbocycles. The molecule has 0 radical (unpaired) electrons. The first-order chi connectivity index (χ1) is 12.0. The van der Waals surface area contributed by atoms with Crippen molar-refractivity contribution in [3.05, 3.63) is 42.5 Å². The molecule has 1 aromatic rings. The maximum absolute atomic E-state index is 5.69. The second-order valence-electron chi connectivity index (χ2n) is 6.49. The Kier molecular flexibility index (Phi) is 9.70. The van der Waals surface area contributed by atoms with Crippen molar-refractivity contribution in [3.8, 4) is 5.75 Å². The van der Waals surface area contributed by atoms with Gasteiger partial charge in [0.25, 0.3) is 0 Å². The lowest BCUT2D eigenvalue weighted by Crippen LogP contribution is -2.45. The Morgan fingerprint density at radius 3 is 2.48 bits per heavy atom. The number of ether oxygens (including phenoxy) is 1. The van der Waals surface area contributed by atoms with E-state index in [0.717, 1.165) is 30.4 Å². The Balaban J connectivity index is 2.51. The first-order valence-corrected chi connectivity index (χ1v) is 9.01. The van der Waals surface area contributed by atoms with Crippen molar-refractivity contribution in [1.82, 2.24) is 15.5 Å². The third-order valence-corrected chi connectivity index (χ3v) is 3.99. The van der Waals surface area contributed by atoms with Crippen LogP contribution in [0.15, 0.2) is 41.9 Å². The molecule has 0 aromatic heterocycles. The van der Waals surface area contributed by atoms with E-state index in [0.29, 0.717) is 25.2 Å². The van der Waals surface area contributed by atoms with Crippen LogP contribution < -0.4 is 15.4 Å². The number of hydrogen-bond acceptors (Lipinski definition) is 3. The van der Waals surface area contributed by atoms with Gasteiger partial charge in [0.05, 0.1) is 0 Å². The van der Waals surface area contributed by atoms with Gasteiger partial charge in [-0.05, 0) is 33.8 Å². The zero-order valence-corrected chi connectivity index (χ0v) is 16.4. The molecule has 0 bridgehead atoms. The van der Waals surface area contributed by atoms with Gasteiger partial charge < -0.3 is 15.4 Å². The molecular formula is C20H34N4O. The van der Waals surface area contributed by atoms with Crippen LogP contribution in [-0.2, 0) is 6.54 Å². The molecule has 1 rings (SSSR count). The zero-order chi connectivity index (χ0) is 18.7. The summed E-state index contributed by atoms with van der Waals surface area (Å²) in [7, 11) is 1.79. The van der Waals surface area contributed by atoms with Gasteiger partial charge in [-0.1, -0.05) is 30.9 Å². The number of hydrogen-bond donors (Lipinski definition) is 2. The summed E-state index contributed by atoms with van der Waals surface area (Å²) in [5.74, 6) is 1.67. The quantitative estimate of drug-likeness (QED) is 0.388. The fourth-order valence-electron chi connectivity index (χ4n) is 2.76. The first kappa shape index (κ1) is 21.0. The Morgan fingerprint density at radius 2 is 1.88 bits per heavy atom. The highest BCUT2D eigenvalue weighted by Gasteiger charge is 2.12. The molecule has 0 spiro atoms. The van der Waals surface area contributed by atoms with Crippen LogP contribution in [0.3, 0.4) is 0 Å². The lowest BCUT2D eigenvalue weighted by atomic mass is 10.2. The van der Waals surface area contributed by atoms with Gasteiger partial charge in [0.2, 0.25) is 0 Å². The van der Waals surface area contributed by atoms with Crippen LogP contribution in [-0.4, -0.2) is 49.7 Å². The Morgan fingerprint density at radius 1 is 1.20 bits per heavy atom. The summed E-state index contributed by atoms with van der Waals surface area (Å²) in [5, 5.41) is 6.73. The average Bonchev–Trinajstić information content (AvgIpc) is 2.59. The van der Waals surface area contributed by atoms with E-state index >= 15 is 0 Å². The van der Waals surface area contributed by atoms with Gasteiger partial charge in [-0.3, -0.25) is 9.89 Å². The number of aliphatic imine (C=N–C) groups is 1. The third kappa shape index (κ3) is 7.61. The predicted octanol–water partition coefficient (Wildman–Crippen LogP) is 3.04. The van der Waals surface area contributed by atoms with Gasteiger partial charge in [-0.15, -0.1) is 0 Å². The largest absolute Gasteiger partial charge is 0.489 e. The second kappa shape index (κ2) is 11.5. The molecule has 0 saturated carbocycles. The van der Waals surface area contributed by atoms with Crippen molar-refractivity contribution in [2.24, 2.45) is 4.99 Å². The summed E-state index contributed by atoms with van der Waals surface area (Å²) in [6.45, 7) is 15.6. The molecule has 25 heavy (non-hydrogen) atoms. The van der Waals surface area contributed by atoms with Gasteiger partial charge >= 0.3 is 0 Å². The summed E-state index contributed by atoms with van der Waals surface area (Å²) < 4.78 is 5.69. The molecule has 0 amide bonds. The van der Waals surface area contributed by atoms with E-state index in [4.69, 9.17) is 4.74 Å². The number of benzene rings is 1. The molecule has 140 valence electrons. The highest BCUT2D eigenvalue weighted by atomic mass is 16.5. The van der Waals surface area contributed by atoms with Crippen LogP contribution in [0.4, 0.5) is 0 Å². The summed E-state index contributed by atoms with van der Waals surface area (Å²) >= 11 is 0. The molecule has 1 aromatic carbocycles. The molecule has 0 saturated heterocycles. The van der Waals surface area contributed by atoms with Gasteiger partial charge in [-0.25, -0.2) is 0 Å². The maximum atomic E-state index is 5.69. The van der Waals surface area contributed by atoms with E-state index in [1.54, 1.807) is 13.1 Å². The number of nitrogens with one attached hydrogen (secondary N) is 2. The fraction of sp³-hybridized carbons (Fsp3) is 0.550. The second-order valence-corrected chi connectivity index (χ2v) is 6.49. The van der Waals surface area contributed by atoms with Gasteiger partial charge in [0.15, 0.2) is 5.96 Å². The molecule has 0 atom stereocenters. The van der Waals surface area contributed by atoms with Crippen molar-refractivity contribution in [2.45, 2.75) is 46.3 Å². The van der Waals surface area contributed by atoms with Crippen LogP contribution in [0.2, 0.25) is 0 Å². The van der Waals surface area contributed by atoms with E-state index < -0.39 is 0 Å². The van der Waals surface area contributed by atoms with Crippen molar-refractivity contribution >= 4 is 5.96 Å². The summed E-state index contributed by atoms with van der Waals surface area (Å²) in [4.78, 5) is 6.76. The molecule has 0 aliphatic rings. The lowest BCUT2D eigenvalue weighted by molar-refractivity contribution is 0.178. The summed E-state index contributed by atoms with van der Waals surface area (Å²) in [5.41, 5.74) is 1.10. The molecular weight excluding hydrogens is 312 g/mol. The number of nitrogens with zero attached hydrogens (tertiary/aromatic N) is 2. The topological polar surface area (TPSA) is 48.9 Å². The van der Waals surface area contributed by atoms with E-state index in [1.165, 1.54) is 0 Å². The van der Waals surface area contributed by atoms with E-state index in [1.807, 2.05) is 18.2 Å². The van der Waals surface area contributed by atoms with E-state index in [-0.39, 0.29) is 0 Å². The first-order valence-electron chi connectivity index (χ1n) is 9.01. The van der Waals surface area contributed by atoms with Crippen molar-refractivity contribution < 1.29 is 4.74 Å². The highest BCUT2D eigenvalue weighted by molar-refractivity contribution is 5.79. The number of para-hydroxylation sites is 1. The molecule has 5 heteroatoms. The van der Waals surface area contributed by atoms with E-state index in [2.05, 4.69) is 60.9 Å². The average molecular weight is 347 g/mol. The molecule has 2 N–H and O–H groups in total. The van der Waals surface area contributed by atoms with Gasteiger partial charge in [0, 0.05) is 44.3 Å². The van der Waals surface area contributed by atoms with E-state index in [9.17, 15) is 0 Å². The van der Waals surface area contributed by atoms with Crippen LogP contribution in [0, 0.1) is 0 Å². The standard InChI is InChI=1S/C20H34N4O/c1-7-14-25-19-11-9-8-10-18(19)15-23-20(21-6)22-12-13-24(16(2)3)17(4)5/h7-11,16-17H,1,12-15H2,2-6H3,(H2,21,22,23). The smallest absolute Gasteiger partial charge is 0.191 e. The molecule has 0 unspecified atom stereocenters. The molecule has 0 heterocycles. The van der Waals surface area contributed by atoms with Gasteiger partial charge in [-0.2, -0.15) is 0 Å². The van der Waals surface area contributed by atoms with Gasteiger partial charge in [0.1, 0.15) is 12.4 Å². The highest BCUT2D eigenvalue weighted by Crippen LogP contribution is 2.17. The molecule has 0 aliphatic heterocycles. The minimum atomic E-state index is 0.504.